The molecule has 9 nitrogen and oxygen atoms in total. The Morgan fingerprint density at radius 2 is 1.74 bits per heavy atom. The van der Waals surface area contributed by atoms with Crippen LogP contribution in [0.3, 0.4) is 0 Å². The number of sulfonamides is 1. The number of hydrogen-bond donors (Lipinski definition) is 3. The predicted octanol–water partition coefficient (Wildman–Crippen LogP) is 4.70. The van der Waals surface area contributed by atoms with E-state index in [2.05, 4.69) is 10.0 Å². The molecule has 0 bridgehead atoms. The van der Waals surface area contributed by atoms with E-state index < -0.39 is 39.8 Å². The molecule has 202 valence electrons. The van der Waals surface area contributed by atoms with Crippen LogP contribution in [-0.2, 0) is 19.6 Å². The Morgan fingerprint density at radius 1 is 1.08 bits per heavy atom. The number of benzene rings is 3. The average molecular weight is 588 g/mol. The normalized spacial score (nSPS) is 16.7. The lowest BCUT2D eigenvalue weighted by molar-refractivity contribution is -0.148. The van der Waals surface area contributed by atoms with Crippen LogP contribution in [0.2, 0.25) is 10.0 Å². The number of nitriles is 1. The Bertz CT molecular complexity index is 1510. The summed E-state index contributed by atoms with van der Waals surface area (Å²) in [6, 6.07) is 16.1. The monoisotopic (exact) mass is 587 g/mol. The first-order valence-corrected chi connectivity index (χ1v) is 14.1. The number of nitrogens with one attached hydrogen (secondary N) is 2. The maximum absolute atomic E-state index is 13.4. The molecule has 39 heavy (non-hydrogen) atoms. The summed E-state index contributed by atoms with van der Waals surface area (Å²) in [7, 11) is -4.38. The molecule has 1 saturated heterocycles. The summed E-state index contributed by atoms with van der Waals surface area (Å²) < 4.78 is 34.9. The van der Waals surface area contributed by atoms with E-state index in [0.29, 0.717) is 36.4 Å². The van der Waals surface area contributed by atoms with E-state index in [4.69, 9.17) is 27.9 Å². The Balaban J connectivity index is 1.72. The number of rotatable bonds is 10. The van der Waals surface area contributed by atoms with Gasteiger partial charge in [-0.15, -0.1) is 0 Å². The quantitative estimate of drug-likeness (QED) is 0.289. The number of para-hydroxylation sites is 1. The highest BCUT2D eigenvalue weighted by molar-refractivity contribution is 7.89. The van der Waals surface area contributed by atoms with Gasteiger partial charge >= 0.3 is 5.97 Å². The molecule has 1 heterocycles. The highest BCUT2D eigenvalue weighted by Gasteiger charge is 2.42. The zero-order valence-corrected chi connectivity index (χ0v) is 22.6. The number of aliphatic carboxylic acids is 1. The van der Waals surface area contributed by atoms with E-state index in [0.717, 1.165) is 0 Å². The first-order chi connectivity index (χ1) is 18.6. The van der Waals surface area contributed by atoms with Crippen LogP contribution in [-0.4, -0.2) is 37.9 Å². The molecule has 3 aromatic carbocycles. The number of ether oxygens (including phenoxy) is 1. The first-order valence-electron chi connectivity index (χ1n) is 11.8. The van der Waals surface area contributed by atoms with Gasteiger partial charge in [-0.1, -0.05) is 47.5 Å². The Hall–Kier alpha value is -3.46. The van der Waals surface area contributed by atoms with E-state index in [1.165, 1.54) is 42.5 Å². The summed E-state index contributed by atoms with van der Waals surface area (Å²) in [5, 5.41) is 22.5. The van der Waals surface area contributed by atoms with Crippen molar-refractivity contribution in [3.05, 3.63) is 87.9 Å². The van der Waals surface area contributed by atoms with Crippen molar-refractivity contribution in [2.75, 3.05) is 6.54 Å². The van der Waals surface area contributed by atoms with Crippen LogP contribution in [0.25, 0.3) is 0 Å². The third kappa shape index (κ3) is 6.76. The zero-order valence-electron chi connectivity index (χ0n) is 20.3. The van der Waals surface area contributed by atoms with E-state index in [-0.39, 0.29) is 20.5 Å². The summed E-state index contributed by atoms with van der Waals surface area (Å²) in [4.78, 5) is 25.5. The molecule has 4 rings (SSSR count). The van der Waals surface area contributed by atoms with Crippen LogP contribution in [0, 0.1) is 17.2 Å². The highest BCUT2D eigenvalue weighted by atomic mass is 35.5. The molecule has 3 aromatic rings. The van der Waals surface area contributed by atoms with Gasteiger partial charge < -0.3 is 15.2 Å². The minimum atomic E-state index is -4.38. The lowest BCUT2D eigenvalue weighted by Crippen LogP contribution is -2.46. The molecule has 1 aliphatic heterocycles. The smallest absolute Gasteiger partial charge is 0.316 e. The van der Waals surface area contributed by atoms with E-state index in [9.17, 15) is 28.4 Å². The van der Waals surface area contributed by atoms with Crippen molar-refractivity contribution in [2.45, 2.75) is 29.8 Å². The molecule has 0 spiro atoms. The number of carboxylic acid groups (broad SMARTS) is 1. The van der Waals surface area contributed by atoms with Crippen LogP contribution in [0.5, 0.6) is 11.5 Å². The van der Waals surface area contributed by atoms with Gasteiger partial charge in [-0.05, 0) is 67.4 Å². The molecular weight excluding hydrogens is 565 g/mol. The van der Waals surface area contributed by atoms with E-state index in [1.807, 2.05) is 6.07 Å². The van der Waals surface area contributed by atoms with Gasteiger partial charge in [-0.3, -0.25) is 9.59 Å². The number of hydrogen-bond acceptors (Lipinski definition) is 7. The summed E-state index contributed by atoms with van der Waals surface area (Å²) in [5.74, 6) is -3.22. The molecule has 1 aliphatic rings. The maximum Gasteiger partial charge on any atom is 0.316 e. The first kappa shape index (κ1) is 28.5. The maximum atomic E-state index is 13.4. The second-order valence-electron chi connectivity index (χ2n) is 8.85. The predicted molar refractivity (Wildman–Crippen MR) is 144 cm³/mol. The highest BCUT2D eigenvalue weighted by Crippen LogP contribution is 2.32. The van der Waals surface area contributed by atoms with Crippen molar-refractivity contribution in [3.8, 4) is 17.6 Å². The summed E-state index contributed by atoms with van der Waals surface area (Å²) >= 11 is 12.0. The number of carbonyl (C=O) groups is 2. The molecular formula is C27H23Cl2N3O6S. The number of carboxylic acids is 1. The van der Waals surface area contributed by atoms with Gasteiger partial charge in [0.2, 0.25) is 10.0 Å². The lowest BCUT2D eigenvalue weighted by Gasteiger charge is -2.27. The SMILES string of the molecule is N#Cc1ccccc1Oc1ccc([C@H](NS(=O)(=O)c2cc(Cl)cc(Cl)c2)[C@H](C(=O)O)C(=O)C2CCCN2)cc1. The molecule has 0 saturated carbocycles. The van der Waals surface area contributed by atoms with Crippen molar-refractivity contribution in [1.82, 2.24) is 10.0 Å². The summed E-state index contributed by atoms with van der Waals surface area (Å²) in [6.45, 7) is 0.552. The molecule has 0 amide bonds. The summed E-state index contributed by atoms with van der Waals surface area (Å²) in [5.41, 5.74) is 0.527. The Kier molecular flexibility index (Phi) is 8.90. The fourth-order valence-electron chi connectivity index (χ4n) is 4.34. The van der Waals surface area contributed by atoms with Crippen LogP contribution < -0.4 is 14.8 Å². The minimum Gasteiger partial charge on any atom is -0.481 e. The molecule has 1 unspecified atom stereocenters. The van der Waals surface area contributed by atoms with Crippen LogP contribution in [0.4, 0.5) is 0 Å². The fraction of sp³-hybridized carbons (Fsp3) is 0.222. The second-order valence-corrected chi connectivity index (χ2v) is 11.4. The van der Waals surface area contributed by atoms with Crippen molar-refractivity contribution in [1.29, 1.82) is 5.26 Å². The van der Waals surface area contributed by atoms with Gasteiger partial charge in [0, 0.05) is 10.0 Å². The molecule has 1 fully saturated rings. The summed E-state index contributed by atoms with van der Waals surface area (Å²) in [6.07, 6.45) is 1.13. The second kappa shape index (κ2) is 12.2. The molecule has 3 atom stereocenters. The topological polar surface area (TPSA) is 146 Å². The minimum absolute atomic E-state index is 0.0691. The van der Waals surface area contributed by atoms with Gasteiger partial charge in [0.05, 0.1) is 22.5 Å². The van der Waals surface area contributed by atoms with Crippen LogP contribution in [0.15, 0.2) is 71.6 Å². The van der Waals surface area contributed by atoms with Crippen molar-refractivity contribution in [2.24, 2.45) is 5.92 Å². The number of halogens is 2. The van der Waals surface area contributed by atoms with Crippen LogP contribution in [0.1, 0.15) is 30.0 Å². The molecule has 0 aliphatic carbocycles. The van der Waals surface area contributed by atoms with Crippen molar-refractivity contribution >= 4 is 45.0 Å². The lowest BCUT2D eigenvalue weighted by atomic mass is 9.86. The van der Waals surface area contributed by atoms with E-state index in [1.54, 1.807) is 24.3 Å². The number of Topliss-reactive ketones (excluding diaryl/α,β-unsaturated/α-hetero) is 1. The number of nitrogens with zero attached hydrogens (tertiary/aromatic N) is 1. The number of carbonyl (C=O) groups excluding carboxylic acids is 1. The van der Waals surface area contributed by atoms with Gasteiger partial charge in [0.1, 0.15) is 23.5 Å². The standard InChI is InChI=1S/C27H23Cl2N3O6S/c28-18-12-19(29)14-21(13-18)39(36,37)32-25(24(27(34)35)26(33)22-5-3-11-31-22)16-7-9-20(10-8-16)38-23-6-2-1-4-17(23)15-30/h1-2,4,6-10,12-14,22,24-25,31-32H,3,5,11H2,(H,34,35)/t22?,24-,25-/m0/s1. The third-order valence-corrected chi connectivity index (χ3v) is 8.07. The van der Waals surface area contributed by atoms with Crippen molar-refractivity contribution < 1.29 is 27.9 Å². The van der Waals surface area contributed by atoms with Gasteiger partial charge in [-0.2, -0.15) is 5.26 Å². The molecule has 0 radical (unpaired) electrons. The largest absolute Gasteiger partial charge is 0.481 e. The van der Waals surface area contributed by atoms with Crippen LogP contribution >= 0.6 is 23.2 Å². The molecule has 12 heteroatoms. The van der Waals surface area contributed by atoms with Gasteiger partial charge in [0.15, 0.2) is 5.78 Å². The Morgan fingerprint density at radius 3 is 2.33 bits per heavy atom. The average Bonchev–Trinajstić information content (AvgIpc) is 3.43. The van der Waals surface area contributed by atoms with Gasteiger partial charge in [0.25, 0.3) is 0 Å². The van der Waals surface area contributed by atoms with E-state index >= 15 is 0 Å². The van der Waals surface area contributed by atoms with Crippen molar-refractivity contribution in [3.63, 3.8) is 0 Å². The Labute approximate surface area is 235 Å². The number of ketones is 1. The third-order valence-electron chi connectivity index (χ3n) is 6.21. The molecule has 0 aromatic heterocycles. The zero-order chi connectivity index (χ0) is 28.2. The molecule has 3 N–H and O–H groups in total. The fourth-order valence-corrected chi connectivity index (χ4v) is 6.30. The van der Waals surface area contributed by atoms with Gasteiger partial charge in [-0.25, -0.2) is 13.1 Å².